The highest BCUT2D eigenvalue weighted by Crippen LogP contribution is 2.26. The second-order valence-corrected chi connectivity index (χ2v) is 3.79. The average Bonchev–Trinajstić information content (AvgIpc) is 2.65. The Morgan fingerprint density at radius 3 is 3.00 bits per heavy atom. The monoisotopic (exact) mass is 234 g/mol. The first kappa shape index (κ1) is 11.4. The number of fused-ring (bicyclic) bond motifs is 1. The van der Waals surface area contributed by atoms with Gasteiger partial charge in [-0.3, -0.25) is 0 Å². The molecule has 5 nitrogen and oxygen atoms in total. The van der Waals surface area contributed by atoms with Crippen LogP contribution in [-0.2, 0) is 7.05 Å². The summed E-state index contributed by atoms with van der Waals surface area (Å²) in [7, 11) is 1.72. The molecule has 90 valence electrons. The van der Waals surface area contributed by atoms with Gasteiger partial charge in [-0.05, 0) is 18.6 Å². The molecule has 5 heteroatoms. The lowest BCUT2D eigenvalue weighted by molar-refractivity contribution is 0.0687. The van der Waals surface area contributed by atoms with Gasteiger partial charge in [-0.15, -0.1) is 0 Å². The van der Waals surface area contributed by atoms with Gasteiger partial charge in [0.25, 0.3) is 0 Å². The third-order valence-corrected chi connectivity index (χ3v) is 2.60. The summed E-state index contributed by atoms with van der Waals surface area (Å²) in [5.74, 6) is -0.461. The highest BCUT2D eigenvalue weighted by atomic mass is 16.5. The van der Waals surface area contributed by atoms with Crippen molar-refractivity contribution in [2.24, 2.45) is 7.05 Å². The van der Waals surface area contributed by atoms with Crippen LogP contribution in [0.1, 0.15) is 23.8 Å². The average molecular weight is 234 g/mol. The number of carboxylic acids is 1. The first-order chi connectivity index (χ1) is 8.15. The van der Waals surface area contributed by atoms with Crippen LogP contribution in [0.25, 0.3) is 10.9 Å². The van der Waals surface area contributed by atoms with Gasteiger partial charge >= 0.3 is 5.97 Å². The molecule has 17 heavy (non-hydrogen) atoms. The van der Waals surface area contributed by atoms with Crippen LogP contribution in [0.15, 0.2) is 18.3 Å². The number of ether oxygens (including phenoxy) is 1. The Morgan fingerprint density at radius 2 is 2.35 bits per heavy atom. The van der Waals surface area contributed by atoms with E-state index in [0.717, 1.165) is 17.3 Å². The molecule has 1 N–H and O–H groups in total. The highest BCUT2D eigenvalue weighted by Gasteiger charge is 2.15. The van der Waals surface area contributed by atoms with Crippen molar-refractivity contribution in [3.05, 3.63) is 24.0 Å². The van der Waals surface area contributed by atoms with Gasteiger partial charge in [-0.25, -0.2) is 9.78 Å². The molecule has 0 bridgehead atoms. The van der Waals surface area contributed by atoms with E-state index in [4.69, 9.17) is 9.84 Å². The minimum Gasteiger partial charge on any atom is -0.477 e. The number of hydrogen-bond donors (Lipinski definition) is 1. The van der Waals surface area contributed by atoms with Crippen molar-refractivity contribution in [3.8, 4) is 5.88 Å². The van der Waals surface area contributed by atoms with Crippen molar-refractivity contribution in [3.63, 3.8) is 0 Å². The van der Waals surface area contributed by atoms with Gasteiger partial charge in [0.2, 0.25) is 5.88 Å². The molecule has 0 amide bonds. The summed E-state index contributed by atoms with van der Waals surface area (Å²) >= 11 is 0. The number of hydrogen-bond acceptors (Lipinski definition) is 3. The summed E-state index contributed by atoms with van der Waals surface area (Å²) in [5, 5.41) is 9.79. The van der Waals surface area contributed by atoms with Crippen LogP contribution < -0.4 is 4.74 Å². The molecule has 0 unspecified atom stereocenters. The van der Waals surface area contributed by atoms with Crippen molar-refractivity contribution in [1.82, 2.24) is 9.55 Å². The standard InChI is InChI=1S/C12H14N2O3/c1-3-6-17-11-8-7-10(12(15)16)14(2)9(8)4-5-13-11/h4-5,7H,3,6H2,1-2H3,(H,15,16). The molecule has 2 heterocycles. The third-order valence-electron chi connectivity index (χ3n) is 2.60. The van der Waals surface area contributed by atoms with Gasteiger partial charge in [0, 0.05) is 13.2 Å². The molecule has 0 aliphatic rings. The molecule has 0 aromatic carbocycles. The SMILES string of the molecule is CCCOc1nccc2c1cc(C(=O)O)n2C. The van der Waals surface area contributed by atoms with Gasteiger partial charge in [0.1, 0.15) is 5.69 Å². The highest BCUT2D eigenvalue weighted by molar-refractivity contribution is 5.96. The molecule has 0 fully saturated rings. The van der Waals surface area contributed by atoms with Crippen molar-refractivity contribution in [2.75, 3.05) is 6.61 Å². The Hall–Kier alpha value is -2.04. The lowest BCUT2D eigenvalue weighted by atomic mass is 10.3. The first-order valence-electron chi connectivity index (χ1n) is 5.45. The zero-order valence-electron chi connectivity index (χ0n) is 9.80. The van der Waals surface area contributed by atoms with Crippen LogP contribution in [-0.4, -0.2) is 27.2 Å². The zero-order valence-corrected chi connectivity index (χ0v) is 9.80. The Bertz CT molecular complexity index is 560. The van der Waals surface area contributed by atoms with Crippen LogP contribution in [0.2, 0.25) is 0 Å². The van der Waals surface area contributed by atoms with Gasteiger partial charge < -0.3 is 14.4 Å². The summed E-state index contributed by atoms with van der Waals surface area (Å²) in [6, 6.07) is 3.37. The Kier molecular flexibility index (Phi) is 2.99. The fourth-order valence-electron chi connectivity index (χ4n) is 1.75. The number of carboxylic acid groups (broad SMARTS) is 1. The third kappa shape index (κ3) is 1.95. The smallest absolute Gasteiger partial charge is 0.352 e. The van der Waals surface area contributed by atoms with E-state index in [2.05, 4.69) is 4.98 Å². The zero-order chi connectivity index (χ0) is 12.4. The molecule has 0 aliphatic carbocycles. The molecule has 0 atom stereocenters. The van der Waals surface area contributed by atoms with Crippen LogP contribution in [0.5, 0.6) is 5.88 Å². The van der Waals surface area contributed by atoms with Crippen molar-refractivity contribution < 1.29 is 14.6 Å². The number of aryl methyl sites for hydroxylation is 1. The first-order valence-corrected chi connectivity index (χ1v) is 5.45. The van der Waals surface area contributed by atoms with E-state index >= 15 is 0 Å². The maximum Gasteiger partial charge on any atom is 0.352 e. The largest absolute Gasteiger partial charge is 0.477 e. The maximum atomic E-state index is 11.0. The van der Waals surface area contributed by atoms with Gasteiger partial charge in [0.05, 0.1) is 17.5 Å². The van der Waals surface area contributed by atoms with E-state index < -0.39 is 5.97 Å². The normalized spacial score (nSPS) is 10.7. The van der Waals surface area contributed by atoms with Gasteiger partial charge in [-0.1, -0.05) is 6.92 Å². The molecule has 2 rings (SSSR count). The number of aromatic nitrogens is 2. The Morgan fingerprint density at radius 1 is 1.59 bits per heavy atom. The van der Waals surface area contributed by atoms with Crippen molar-refractivity contribution >= 4 is 16.9 Å². The predicted octanol–water partition coefficient (Wildman–Crippen LogP) is 2.06. The summed E-state index contributed by atoms with van der Waals surface area (Å²) in [4.78, 5) is 15.2. The molecule has 0 saturated heterocycles. The van der Waals surface area contributed by atoms with Crippen molar-refractivity contribution in [2.45, 2.75) is 13.3 Å². The van der Waals surface area contributed by atoms with E-state index in [1.165, 1.54) is 0 Å². The molecule has 0 radical (unpaired) electrons. The number of carbonyl (C=O) groups is 1. The van der Waals surface area contributed by atoms with Crippen LogP contribution >= 0.6 is 0 Å². The van der Waals surface area contributed by atoms with E-state index in [0.29, 0.717) is 12.5 Å². The molecule has 0 aliphatic heterocycles. The number of rotatable bonds is 4. The molecular weight excluding hydrogens is 220 g/mol. The molecular formula is C12H14N2O3. The van der Waals surface area contributed by atoms with Gasteiger partial charge in [0.15, 0.2) is 0 Å². The predicted molar refractivity (Wildman–Crippen MR) is 63.5 cm³/mol. The quantitative estimate of drug-likeness (QED) is 0.879. The Balaban J connectivity index is 2.56. The summed E-state index contributed by atoms with van der Waals surface area (Å²) in [5.41, 5.74) is 1.04. The number of pyridine rings is 1. The van der Waals surface area contributed by atoms with E-state index in [9.17, 15) is 4.79 Å². The Labute approximate surface area is 98.6 Å². The minimum atomic E-state index is -0.954. The van der Waals surface area contributed by atoms with E-state index in [-0.39, 0.29) is 5.69 Å². The fraction of sp³-hybridized carbons (Fsp3) is 0.333. The lowest BCUT2D eigenvalue weighted by Gasteiger charge is -2.04. The van der Waals surface area contributed by atoms with E-state index in [1.807, 2.05) is 6.92 Å². The van der Waals surface area contributed by atoms with Gasteiger partial charge in [-0.2, -0.15) is 0 Å². The topological polar surface area (TPSA) is 64.3 Å². The summed E-state index contributed by atoms with van der Waals surface area (Å²) in [6.45, 7) is 2.58. The van der Waals surface area contributed by atoms with Crippen LogP contribution in [0.3, 0.4) is 0 Å². The van der Waals surface area contributed by atoms with E-state index in [1.54, 1.807) is 29.9 Å². The van der Waals surface area contributed by atoms with Crippen molar-refractivity contribution in [1.29, 1.82) is 0 Å². The second kappa shape index (κ2) is 4.45. The lowest BCUT2D eigenvalue weighted by Crippen LogP contribution is -2.03. The second-order valence-electron chi connectivity index (χ2n) is 3.79. The number of aromatic carboxylic acids is 1. The summed E-state index contributed by atoms with van der Waals surface area (Å²) < 4.78 is 7.12. The number of nitrogens with zero attached hydrogens (tertiary/aromatic N) is 2. The van der Waals surface area contributed by atoms with Crippen LogP contribution in [0, 0.1) is 0 Å². The molecule has 2 aromatic rings. The van der Waals surface area contributed by atoms with Crippen LogP contribution in [0.4, 0.5) is 0 Å². The minimum absolute atomic E-state index is 0.231. The maximum absolute atomic E-state index is 11.0. The molecule has 0 saturated carbocycles. The summed E-state index contributed by atoms with van der Waals surface area (Å²) in [6.07, 6.45) is 2.51. The molecule has 0 spiro atoms. The molecule has 2 aromatic heterocycles. The fourth-order valence-corrected chi connectivity index (χ4v) is 1.75.